The monoisotopic (exact) mass is 259 g/mol. The molecule has 98 valence electrons. The molecule has 1 N–H and O–H groups in total. The Bertz CT molecular complexity index is 788. The van der Waals surface area contributed by atoms with Gasteiger partial charge in [0.05, 0.1) is 12.2 Å². The van der Waals surface area contributed by atoms with E-state index < -0.39 is 11.2 Å². The van der Waals surface area contributed by atoms with E-state index in [9.17, 15) is 9.59 Å². The van der Waals surface area contributed by atoms with Crippen molar-refractivity contribution >= 4 is 0 Å². The van der Waals surface area contributed by atoms with Gasteiger partial charge in [-0.25, -0.2) is 4.79 Å². The molecule has 0 amide bonds. The largest absolute Gasteiger partial charge is 0.328 e. The first-order chi connectivity index (χ1) is 8.93. The average molecular weight is 259 g/mol. The molecule has 2 aromatic heterocycles. The molecule has 0 saturated carbocycles. The number of aryl methyl sites for hydroxylation is 2. The fourth-order valence-corrected chi connectivity index (χ4v) is 1.92. The second-order valence-corrected chi connectivity index (χ2v) is 4.31. The van der Waals surface area contributed by atoms with E-state index in [4.69, 9.17) is 5.26 Å². The standard InChI is InChI=1S/C12H13N5O2/c1-7-10(8(2)16(3)15-7)6-17-5-9(4-13)11(18)14-12(17)19/h5H,6H2,1-3H3,(H,14,18,19). The molecule has 2 heterocycles. The summed E-state index contributed by atoms with van der Waals surface area (Å²) in [6.45, 7) is 4.03. The van der Waals surface area contributed by atoms with Gasteiger partial charge in [0, 0.05) is 24.5 Å². The van der Waals surface area contributed by atoms with Gasteiger partial charge >= 0.3 is 5.69 Å². The lowest BCUT2D eigenvalue weighted by atomic mass is 10.2. The molecule has 0 radical (unpaired) electrons. The molecule has 2 aromatic rings. The Kier molecular flexibility index (Phi) is 3.09. The van der Waals surface area contributed by atoms with Gasteiger partial charge in [0.15, 0.2) is 0 Å². The normalized spacial score (nSPS) is 10.4. The molecule has 2 rings (SSSR count). The summed E-state index contributed by atoms with van der Waals surface area (Å²) in [5.41, 5.74) is 1.38. The molecule has 19 heavy (non-hydrogen) atoms. The van der Waals surface area contributed by atoms with Crippen LogP contribution in [0.15, 0.2) is 15.8 Å². The summed E-state index contributed by atoms with van der Waals surface area (Å²) in [6.07, 6.45) is 1.27. The summed E-state index contributed by atoms with van der Waals surface area (Å²) in [4.78, 5) is 25.1. The van der Waals surface area contributed by atoms with Crippen molar-refractivity contribution in [2.24, 2.45) is 7.05 Å². The van der Waals surface area contributed by atoms with Crippen LogP contribution in [0.3, 0.4) is 0 Å². The average Bonchev–Trinajstić information content (AvgIpc) is 2.59. The molecule has 0 unspecified atom stereocenters. The number of H-pyrrole nitrogens is 1. The lowest BCUT2D eigenvalue weighted by Crippen LogP contribution is -2.31. The van der Waals surface area contributed by atoms with Gasteiger partial charge in [0.2, 0.25) is 0 Å². The summed E-state index contributed by atoms with van der Waals surface area (Å²) in [5, 5.41) is 13.1. The van der Waals surface area contributed by atoms with Crippen molar-refractivity contribution < 1.29 is 0 Å². The highest BCUT2D eigenvalue weighted by Gasteiger charge is 2.12. The Morgan fingerprint density at radius 2 is 2.11 bits per heavy atom. The summed E-state index contributed by atoms with van der Waals surface area (Å²) in [6, 6.07) is 1.76. The van der Waals surface area contributed by atoms with Crippen LogP contribution in [0.25, 0.3) is 0 Å². The minimum Gasteiger partial charge on any atom is -0.295 e. The topological polar surface area (TPSA) is 96.5 Å². The van der Waals surface area contributed by atoms with Crippen molar-refractivity contribution in [2.75, 3.05) is 0 Å². The van der Waals surface area contributed by atoms with E-state index in [0.717, 1.165) is 17.0 Å². The van der Waals surface area contributed by atoms with E-state index >= 15 is 0 Å². The van der Waals surface area contributed by atoms with Gasteiger partial charge in [0.25, 0.3) is 5.56 Å². The van der Waals surface area contributed by atoms with E-state index in [0.29, 0.717) is 0 Å². The lowest BCUT2D eigenvalue weighted by molar-refractivity contribution is 0.704. The molecular weight excluding hydrogens is 246 g/mol. The first-order valence-electron chi connectivity index (χ1n) is 5.67. The molecule has 0 bridgehead atoms. The van der Waals surface area contributed by atoms with Crippen LogP contribution in [-0.4, -0.2) is 19.3 Å². The Balaban J connectivity index is 2.53. The smallest absolute Gasteiger partial charge is 0.295 e. The molecule has 0 aliphatic rings. The summed E-state index contributed by atoms with van der Waals surface area (Å²) < 4.78 is 3.03. The number of rotatable bonds is 2. The SMILES string of the molecule is Cc1nn(C)c(C)c1Cn1cc(C#N)c(=O)[nH]c1=O. The number of hydrogen-bond acceptors (Lipinski definition) is 4. The Morgan fingerprint density at radius 1 is 1.42 bits per heavy atom. The fourth-order valence-electron chi connectivity index (χ4n) is 1.92. The number of aromatic amines is 1. The van der Waals surface area contributed by atoms with Crippen LogP contribution < -0.4 is 11.2 Å². The van der Waals surface area contributed by atoms with E-state index in [1.165, 1.54) is 10.8 Å². The Morgan fingerprint density at radius 3 is 2.63 bits per heavy atom. The quantitative estimate of drug-likeness (QED) is 0.808. The van der Waals surface area contributed by atoms with Gasteiger partial charge in [-0.1, -0.05) is 0 Å². The van der Waals surface area contributed by atoms with Crippen molar-refractivity contribution in [1.29, 1.82) is 5.26 Å². The zero-order valence-electron chi connectivity index (χ0n) is 10.9. The van der Waals surface area contributed by atoms with E-state index in [1.54, 1.807) is 10.8 Å². The maximum absolute atomic E-state index is 11.7. The number of nitrogens with zero attached hydrogens (tertiary/aromatic N) is 4. The zero-order chi connectivity index (χ0) is 14.2. The highest BCUT2D eigenvalue weighted by atomic mass is 16.2. The van der Waals surface area contributed by atoms with Crippen LogP contribution in [0.4, 0.5) is 0 Å². The van der Waals surface area contributed by atoms with Crippen molar-refractivity contribution in [3.05, 3.63) is 49.5 Å². The van der Waals surface area contributed by atoms with Gasteiger partial charge in [-0.3, -0.25) is 19.0 Å². The molecule has 0 fully saturated rings. The fraction of sp³-hybridized carbons (Fsp3) is 0.333. The van der Waals surface area contributed by atoms with E-state index in [-0.39, 0.29) is 12.1 Å². The summed E-state index contributed by atoms with van der Waals surface area (Å²) >= 11 is 0. The summed E-state index contributed by atoms with van der Waals surface area (Å²) in [5.74, 6) is 0. The van der Waals surface area contributed by atoms with Crippen LogP contribution in [0.5, 0.6) is 0 Å². The third kappa shape index (κ3) is 2.20. The maximum atomic E-state index is 11.7. The van der Waals surface area contributed by atoms with Gasteiger partial charge in [-0.2, -0.15) is 10.4 Å². The minimum atomic E-state index is -0.664. The van der Waals surface area contributed by atoms with Crippen molar-refractivity contribution in [3.8, 4) is 6.07 Å². The second kappa shape index (κ2) is 4.57. The molecule has 0 aliphatic carbocycles. The van der Waals surface area contributed by atoms with Crippen LogP contribution >= 0.6 is 0 Å². The van der Waals surface area contributed by atoms with Crippen LogP contribution in [-0.2, 0) is 13.6 Å². The first kappa shape index (κ1) is 12.8. The number of nitrogens with one attached hydrogen (secondary N) is 1. The highest BCUT2D eigenvalue weighted by molar-refractivity contribution is 5.26. The van der Waals surface area contributed by atoms with Crippen molar-refractivity contribution in [3.63, 3.8) is 0 Å². The molecule has 0 aromatic carbocycles. The Labute approximate surface area is 108 Å². The summed E-state index contributed by atoms with van der Waals surface area (Å²) in [7, 11) is 1.82. The van der Waals surface area contributed by atoms with Gasteiger partial charge in [-0.15, -0.1) is 0 Å². The van der Waals surface area contributed by atoms with E-state index in [2.05, 4.69) is 10.1 Å². The number of nitriles is 1. The first-order valence-corrected chi connectivity index (χ1v) is 5.67. The van der Waals surface area contributed by atoms with Gasteiger partial charge in [0.1, 0.15) is 11.6 Å². The van der Waals surface area contributed by atoms with Crippen LogP contribution in [0, 0.1) is 25.2 Å². The molecule has 0 saturated heterocycles. The third-order valence-corrected chi connectivity index (χ3v) is 3.12. The Hall–Kier alpha value is -2.62. The van der Waals surface area contributed by atoms with Crippen LogP contribution in [0.2, 0.25) is 0 Å². The predicted molar refractivity (Wildman–Crippen MR) is 67.8 cm³/mol. The number of hydrogen-bond donors (Lipinski definition) is 1. The molecule has 7 heteroatoms. The molecule has 0 spiro atoms. The molecular formula is C12H13N5O2. The maximum Gasteiger partial charge on any atom is 0.328 e. The zero-order valence-corrected chi connectivity index (χ0v) is 10.9. The molecule has 0 aliphatic heterocycles. The minimum absolute atomic E-state index is 0.0844. The van der Waals surface area contributed by atoms with Crippen molar-refractivity contribution in [1.82, 2.24) is 19.3 Å². The van der Waals surface area contributed by atoms with E-state index in [1.807, 2.05) is 20.9 Å². The predicted octanol–water partition coefficient (Wildman–Crippen LogP) is -0.193. The van der Waals surface area contributed by atoms with Crippen LogP contribution in [0.1, 0.15) is 22.5 Å². The second-order valence-electron chi connectivity index (χ2n) is 4.31. The van der Waals surface area contributed by atoms with Crippen molar-refractivity contribution in [2.45, 2.75) is 20.4 Å². The highest BCUT2D eigenvalue weighted by Crippen LogP contribution is 2.12. The molecule has 7 nitrogen and oxygen atoms in total. The third-order valence-electron chi connectivity index (χ3n) is 3.12. The number of aromatic nitrogens is 4. The lowest BCUT2D eigenvalue weighted by Gasteiger charge is -2.05. The van der Waals surface area contributed by atoms with Gasteiger partial charge in [-0.05, 0) is 13.8 Å². The molecule has 0 atom stereocenters. The van der Waals surface area contributed by atoms with Gasteiger partial charge < -0.3 is 0 Å².